The van der Waals surface area contributed by atoms with Crippen LogP contribution in [0, 0.1) is 0 Å². The first-order chi connectivity index (χ1) is 6.06. The Morgan fingerprint density at radius 1 is 1.38 bits per heavy atom. The Bertz CT molecular complexity index is 177. The van der Waals surface area contributed by atoms with Crippen LogP contribution in [0.3, 0.4) is 0 Å². The average molecular weight is 190 g/mol. The Morgan fingerprint density at radius 3 is 2.46 bits per heavy atom. The molecule has 0 aliphatic rings. The standard InChI is InChI=1S/C8H14O5/c1-2-3-7(11)13-8(12)5-4-6(9)10/h7,11H,2-5H2,1H3,(H,9,10). The maximum Gasteiger partial charge on any atom is 0.308 e. The van der Waals surface area contributed by atoms with Crippen LogP contribution in [0.2, 0.25) is 0 Å². The quantitative estimate of drug-likeness (QED) is 0.471. The van der Waals surface area contributed by atoms with Gasteiger partial charge in [0.25, 0.3) is 0 Å². The van der Waals surface area contributed by atoms with Gasteiger partial charge in [-0.2, -0.15) is 0 Å². The van der Waals surface area contributed by atoms with Crippen molar-refractivity contribution < 1.29 is 24.5 Å². The summed E-state index contributed by atoms with van der Waals surface area (Å²) in [5.74, 6) is -1.73. The molecule has 5 nitrogen and oxygen atoms in total. The fraction of sp³-hybridized carbons (Fsp3) is 0.750. The number of aliphatic carboxylic acids is 1. The van der Waals surface area contributed by atoms with E-state index in [2.05, 4.69) is 4.74 Å². The summed E-state index contributed by atoms with van der Waals surface area (Å²) in [4.78, 5) is 20.8. The first-order valence-corrected chi connectivity index (χ1v) is 4.15. The Hall–Kier alpha value is -1.10. The molecule has 0 saturated heterocycles. The van der Waals surface area contributed by atoms with E-state index in [1.54, 1.807) is 0 Å². The Morgan fingerprint density at radius 2 is 2.00 bits per heavy atom. The van der Waals surface area contributed by atoms with E-state index < -0.39 is 18.2 Å². The minimum absolute atomic E-state index is 0.198. The molecule has 0 bridgehead atoms. The number of hydrogen-bond donors (Lipinski definition) is 2. The molecule has 0 aliphatic heterocycles. The summed E-state index contributed by atoms with van der Waals surface area (Å²) in [6.07, 6.45) is -0.494. The molecule has 0 saturated carbocycles. The zero-order valence-corrected chi connectivity index (χ0v) is 7.52. The second kappa shape index (κ2) is 6.42. The first-order valence-electron chi connectivity index (χ1n) is 4.15. The van der Waals surface area contributed by atoms with Gasteiger partial charge >= 0.3 is 11.9 Å². The van der Waals surface area contributed by atoms with E-state index in [0.717, 1.165) is 0 Å². The van der Waals surface area contributed by atoms with Gasteiger partial charge in [0.1, 0.15) is 0 Å². The van der Waals surface area contributed by atoms with Crippen LogP contribution in [0.25, 0.3) is 0 Å². The summed E-state index contributed by atoms with van der Waals surface area (Å²) in [7, 11) is 0. The molecule has 0 aliphatic carbocycles. The highest BCUT2D eigenvalue weighted by Gasteiger charge is 2.11. The third kappa shape index (κ3) is 7.27. The van der Waals surface area contributed by atoms with Gasteiger partial charge in [0.05, 0.1) is 12.8 Å². The summed E-state index contributed by atoms with van der Waals surface area (Å²) in [5, 5.41) is 17.2. The number of carboxylic acid groups (broad SMARTS) is 1. The lowest BCUT2D eigenvalue weighted by atomic mass is 10.3. The van der Waals surface area contributed by atoms with Gasteiger partial charge in [-0.05, 0) is 0 Å². The fourth-order valence-corrected chi connectivity index (χ4v) is 0.726. The predicted molar refractivity (Wildman–Crippen MR) is 43.9 cm³/mol. The zero-order valence-electron chi connectivity index (χ0n) is 7.52. The van der Waals surface area contributed by atoms with Gasteiger partial charge < -0.3 is 14.9 Å². The molecule has 1 atom stereocenters. The average Bonchev–Trinajstić information content (AvgIpc) is 2.01. The van der Waals surface area contributed by atoms with Crippen molar-refractivity contribution in [1.82, 2.24) is 0 Å². The third-order valence-electron chi connectivity index (χ3n) is 1.35. The number of esters is 1. The van der Waals surface area contributed by atoms with E-state index >= 15 is 0 Å². The van der Waals surface area contributed by atoms with Crippen molar-refractivity contribution in [2.45, 2.75) is 38.9 Å². The Kier molecular flexibility index (Phi) is 5.88. The lowest BCUT2D eigenvalue weighted by Gasteiger charge is -2.09. The number of carbonyl (C=O) groups excluding carboxylic acids is 1. The van der Waals surface area contributed by atoms with Gasteiger partial charge in [-0.1, -0.05) is 13.3 Å². The van der Waals surface area contributed by atoms with Crippen molar-refractivity contribution in [3.63, 3.8) is 0 Å². The summed E-state index contributed by atoms with van der Waals surface area (Å²) in [6, 6.07) is 0. The van der Waals surface area contributed by atoms with Crippen molar-refractivity contribution in [2.24, 2.45) is 0 Å². The zero-order chi connectivity index (χ0) is 10.3. The number of ether oxygens (including phenoxy) is 1. The minimum atomic E-state index is -1.11. The lowest BCUT2D eigenvalue weighted by Crippen LogP contribution is -2.17. The largest absolute Gasteiger partial charge is 0.481 e. The van der Waals surface area contributed by atoms with Crippen LogP contribution < -0.4 is 0 Å². The van der Waals surface area contributed by atoms with Crippen molar-refractivity contribution in [2.75, 3.05) is 0 Å². The topological polar surface area (TPSA) is 83.8 Å². The van der Waals surface area contributed by atoms with E-state index in [4.69, 9.17) is 10.2 Å². The molecule has 0 heterocycles. The molecule has 13 heavy (non-hydrogen) atoms. The van der Waals surface area contributed by atoms with Crippen LogP contribution in [0.4, 0.5) is 0 Å². The maximum atomic E-state index is 10.8. The van der Waals surface area contributed by atoms with Gasteiger partial charge in [0.15, 0.2) is 0 Å². The molecule has 0 fully saturated rings. The fourth-order valence-electron chi connectivity index (χ4n) is 0.726. The Labute approximate surface area is 76.3 Å². The molecule has 0 spiro atoms. The van der Waals surface area contributed by atoms with Crippen molar-refractivity contribution in [3.8, 4) is 0 Å². The normalized spacial score (nSPS) is 12.2. The molecule has 0 aromatic rings. The van der Waals surface area contributed by atoms with Crippen LogP contribution in [0.15, 0.2) is 0 Å². The highest BCUT2D eigenvalue weighted by Crippen LogP contribution is 2.01. The third-order valence-corrected chi connectivity index (χ3v) is 1.35. The number of rotatable bonds is 6. The van der Waals surface area contributed by atoms with Crippen LogP contribution >= 0.6 is 0 Å². The minimum Gasteiger partial charge on any atom is -0.481 e. The SMILES string of the molecule is CCCC(O)OC(=O)CCC(=O)O. The second-order valence-electron chi connectivity index (χ2n) is 2.63. The number of carboxylic acids is 1. The molecule has 0 aromatic heterocycles. The monoisotopic (exact) mass is 190 g/mol. The second-order valence-corrected chi connectivity index (χ2v) is 2.63. The number of aliphatic hydroxyl groups excluding tert-OH is 1. The first kappa shape index (κ1) is 11.9. The smallest absolute Gasteiger partial charge is 0.308 e. The molecule has 76 valence electrons. The van der Waals surface area contributed by atoms with Gasteiger partial charge in [0, 0.05) is 6.42 Å². The molecule has 0 aromatic carbocycles. The van der Waals surface area contributed by atoms with Crippen LogP contribution in [0.1, 0.15) is 32.6 Å². The van der Waals surface area contributed by atoms with Crippen LogP contribution in [-0.4, -0.2) is 28.4 Å². The summed E-state index contributed by atoms with van der Waals surface area (Å²) in [6.45, 7) is 1.84. The van der Waals surface area contributed by atoms with Crippen molar-refractivity contribution in [1.29, 1.82) is 0 Å². The van der Waals surface area contributed by atoms with E-state index in [1.165, 1.54) is 0 Å². The van der Waals surface area contributed by atoms with E-state index in [1.807, 2.05) is 6.92 Å². The maximum absolute atomic E-state index is 10.8. The van der Waals surface area contributed by atoms with E-state index in [9.17, 15) is 9.59 Å². The van der Waals surface area contributed by atoms with Gasteiger partial charge in [-0.25, -0.2) is 0 Å². The lowest BCUT2D eigenvalue weighted by molar-refractivity contribution is -0.169. The number of aliphatic hydroxyl groups is 1. The molecule has 0 amide bonds. The summed E-state index contributed by atoms with van der Waals surface area (Å²) < 4.78 is 4.49. The van der Waals surface area contributed by atoms with Crippen LogP contribution in [-0.2, 0) is 14.3 Å². The predicted octanol–water partition coefficient (Wildman–Crippen LogP) is 0.513. The molecule has 0 rings (SSSR count). The molecule has 0 radical (unpaired) electrons. The van der Waals surface area contributed by atoms with Crippen molar-refractivity contribution >= 4 is 11.9 Å². The van der Waals surface area contributed by atoms with Gasteiger partial charge in [0.2, 0.25) is 6.29 Å². The summed E-state index contributed by atoms with van der Waals surface area (Å²) in [5.41, 5.74) is 0. The highest BCUT2D eigenvalue weighted by molar-refractivity contribution is 5.76. The molecular weight excluding hydrogens is 176 g/mol. The van der Waals surface area contributed by atoms with E-state index in [-0.39, 0.29) is 12.8 Å². The number of carbonyl (C=O) groups is 2. The molecular formula is C8H14O5. The van der Waals surface area contributed by atoms with Crippen molar-refractivity contribution in [3.05, 3.63) is 0 Å². The van der Waals surface area contributed by atoms with Crippen LogP contribution in [0.5, 0.6) is 0 Å². The molecule has 2 N–H and O–H groups in total. The highest BCUT2D eigenvalue weighted by atomic mass is 16.6. The van der Waals surface area contributed by atoms with Gasteiger partial charge in [-0.3, -0.25) is 9.59 Å². The van der Waals surface area contributed by atoms with E-state index in [0.29, 0.717) is 12.8 Å². The number of hydrogen-bond acceptors (Lipinski definition) is 4. The molecule has 5 heteroatoms. The van der Waals surface area contributed by atoms with Gasteiger partial charge in [-0.15, -0.1) is 0 Å². The Balaban J connectivity index is 3.55. The molecule has 1 unspecified atom stereocenters. The summed E-state index contributed by atoms with van der Waals surface area (Å²) >= 11 is 0.